The van der Waals surface area contributed by atoms with Crippen LogP contribution in [0.5, 0.6) is 0 Å². The van der Waals surface area contributed by atoms with Gasteiger partial charge >= 0.3 is 5.97 Å². The van der Waals surface area contributed by atoms with Gasteiger partial charge in [-0.3, -0.25) is 9.78 Å². The molecule has 0 spiro atoms. The second-order valence-electron chi connectivity index (χ2n) is 6.24. The van der Waals surface area contributed by atoms with E-state index in [0.717, 1.165) is 44.6 Å². The van der Waals surface area contributed by atoms with Crippen LogP contribution in [0.3, 0.4) is 0 Å². The van der Waals surface area contributed by atoms with Gasteiger partial charge < -0.3 is 10.0 Å². The van der Waals surface area contributed by atoms with Gasteiger partial charge in [-0.05, 0) is 51.3 Å². The maximum atomic E-state index is 11.4. The number of pyridine rings is 1. The van der Waals surface area contributed by atoms with Gasteiger partial charge in [0.05, 0.1) is 5.41 Å². The summed E-state index contributed by atoms with van der Waals surface area (Å²) in [6, 6.07) is 5.98. The highest BCUT2D eigenvalue weighted by Gasteiger charge is 2.38. The molecular weight excluding hydrogens is 252 g/mol. The molecule has 1 saturated heterocycles. The van der Waals surface area contributed by atoms with Gasteiger partial charge in [0.15, 0.2) is 0 Å². The van der Waals surface area contributed by atoms with Crippen molar-refractivity contribution in [3.63, 3.8) is 0 Å². The third kappa shape index (κ3) is 3.57. The van der Waals surface area contributed by atoms with E-state index in [2.05, 4.69) is 9.88 Å². The molecule has 1 atom stereocenters. The molecule has 0 aliphatic carbocycles. The molecular formula is C16H24N2O2. The van der Waals surface area contributed by atoms with Crippen molar-refractivity contribution < 1.29 is 9.90 Å². The summed E-state index contributed by atoms with van der Waals surface area (Å²) in [4.78, 5) is 18.1. The van der Waals surface area contributed by atoms with Crippen LogP contribution < -0.4 is 0 Å². The third-order valence-electron chi connectivity index (χ3n) is 4.49. The topological polar surface area (TPSA) is 53.4 Å². The lowest BCUT2D eigenvalue weighted by molar-refractivity contribution is -0.151. The van der Waals surface area contributed by atoms with Crippen LogP contribution >= 0.6 is 0 Å². The largest absolute Gasteiger partial charge is 0.481 e. The van der Waals surface area contributed by atoms with Crippen molar-refractivity contribution in [3.05, 3.63) is 30.1 Å². The minimum atomic E-state index is -0.686. The molecule has 1 aliphatic rings. The van der Waals surface area contributed by atoms with E-state index < -0.39 is 11.4 Å². The normalized spacial score (nSPS) is 20.8. The first kappa shape index (κ1) is 15.0. The summed E-state index contributed by atoms with van der Waals surface area (Å²) in [7, 11) is 0. The Balaban J connectivity index is 1.89. The van der Waals surface area contributed by atoms with Gasteiger partial charge in [0.2, 0.25) is 0 Å². The highest BCUT2D eigenvalue weighted by Crippen LogP contribution is 2.34. The lowest BCUT2D eigenvalue weighted by atomic mass is 9.74. The summed E-state index contributed by atoms with van der Waals surface area (Å²) < 4.78 is 0. The fourth-order valence-electron chi connectivity index (χ4n) is 2.84. The molecule has 1 unspecified atom stereocenters. The molecule has 1 fully saturated rings. The number of rotatable bonds is 5. The van der Waals surface area contributed by atoms with E-state index in [1.54, 1.807) is 0 Å². The number of piperidine rings is 1. The summed E-state index contributed by atoms with van der Waals surface area (Å²) in [6.45, 7) is 6.61. The smallest absolute Gasteiger partial charge is 0.309 e. The molecule has 0 bridgehead atoms. The fourth-order valence-corrected chi connectivity index (χ4v) is 2.84. The molecule has 2 heterocycles. The molecule has 110 valence electrons. The summed E-state index contributed by atoms with van der Waals surface area (Å²) in [5.74, 6) is -0.452. The molecule has 4 heteroatoms. The van der Waals surface area contributed by atoms with Crippen LogP contribution in [0.1, 0.15) is 32.4 Å². The van der Waals surface area contributed by atoms with E-state index in [0.29, 0.717) is 0 Å². The van der Waals surface area contributed by atoms with Crippen LogP contribution in [0.15, 0.2) is 24.4 Å². The van der Waals surface area contributed by atoms with Crippen molar-refractivity contribution in [1.29, 1.82) is 0 Å². The number of carboxylic acids is 1. The van der Waals surface area contributed by atoms with E-state index in [9.17, 15) is 9.90 Å². The maximum absolute atomic E-state index is 11.4. The predicted octanol–water partition coefficient (Wildman–Crippen LogP) is 2.45. The molecule has 20 heavy (non-hydrogen) atoms. The van der Waals surface area contributed by atoms with Gasteiger partial charge in [-0.1, -0.05) is 6.07 Å². The van der Waals surface area contributed by atoms with Gasteiger partial charge in [0.25, 0.3) is 0 Å². The Morgan fingerprint density at radius 1 is 1.50 bits per heavy atom. The Morgan fingerprint density at radius 2 is 2.30 bits per heavy atom. The van der Waals surface area contributed by atoms with Crippen molar-refractivity contribution in [2.45, 2.75) is 33.1 Å². The standard InChI is InChI=1S/C16H24N2O2/c1-16(2,15(19)20)13-6-5-10-18(12-13)11-8-14-7-3-4-9-17-14/h3-4,7,9,13H,5-6,8,10-12H2,1-2H3,(H,19,20). The maximum Gasteiger partial charge on any atom is 0.309 e. The first-order chi connectivity index (χ1) is 9.50. The number of carboxylic acid groups (broad SMARTS) is 1. The molecule has 0 radical (unpaired) electrons. The minimum absolute atomic E-state index is 0.234. The summed E-state index contributed by atoms with van der Waals surface area (Å²) in [5.41, 5.74) is 0.469. The number of likely N-dealkylation sites (tertiary alicyclic amines) is 1. The Bertz CT molecular complexity index is 445. The van der Waals surface area contributed by atoms with E-state index in [4.69, 9.17) is 0 Å². The van der Waals surface area contributed by atoms with Crippen molar-refractivity contribution >= 4 is 5.97 Å². The summed E-state index contributed by atoms with van der Waals surface area (Å²) in [5, 5.41) is 9.36. The van der Waals surface area contributed by atoms with Crippen molar-refractivity contribution in [2.24, 2.45) is 11.3 Å². The monoisotopic (exact) mass is 276 g/mol. The van der Waals surface area contributed by atoms with Gasteiger partial charge in [-0.15, -0.1) is 0 Å². The van der Waals surface area contributed by atoms with E-state index in [1.165, 1.54) is 0 Å². The Kier molecular flexibility index (Phi) is 4.76. The molecule has 1 aromatic heterocycles. The number of hydrogen-bond acceptors (Lipinski definition) is 3. The van der Waals surface area contributed by atoms with E-state index in [1.807, 2.05) is 38.2 Å². The first-order valence-corrected chi connectivity index (χ1v) is 7.36. The average Bonchev–Trinajstić information content (AvgIpc) is 2.46. The molecule has 0 amide bonds. The number of aromatic nitrogens is 1. The van der Waals surface area contributed by atoms with Crippen LogP contribution in [0.4, 0.5) is 0 Å². The molecule has 1 aliphatic heterocycles. The Morgan fingerprint density at radius 3 is 2.95 bits per heavy atom. The van der Waals surface area contributed by atoms with Crippen LogP contribution in [-0.2, 0) is 11.2 Å². The lowest BCUT2D eigenvalue weighted by Crippen LogP contribution is -2.45. The molecule has 1 N–H and O–H groups in total. The van der Waals surface area contributed by atoms with Crippen LogP contribution in [-0.4, -0.2) is 40.6 Å². The molecule has 2 rings (SSSR count). The van der Waals surface area contributed by atoms with Gasteiger partial charge in [0, 0.05) is 31.4 Å². The first-order valence-electron chi connectivity index (χ1n) is 7.36. The number of aliphatic carboxylic acids is 1. The minimum Gasteiger partial charge on any atom is -0.481 e. The zero-order valence-electron chi connectivity index (χ0n) is 12.4. The van der Waals surface area contributed by atoms with E-state index >= 15 is 0 Å². The SMILES string of the molecule is CC(C)(C(=O)O)C1CCCN(CCc2ccccn2)C1. The number of hydrogen-bond donors (Lipinski definition) is 1. The third-order valence-corrected chi connectivity index (χ3v) is 4.49. The zero-order valence-corrected chi connectivity index (χ0v) is 12.4. The quantitative estimate of drug-likeness (QED) is 0.897. The second-order valence-corrected chi connectivity index (χ2v) is 6.24. The van der Waals surface area contributed by atoms with E-state index in [-0.39, 0.29) is 5.92 Å². The van der Waals surface area contributed by atoms with Crippen molar-refractivity contribution in [3.8, 4) is 0 Å². The zero-order chi connectivity index (χ0) is 14.6. The van der Waals surface area contributed by atoms with Crippen LogP contribution in [0, 0.1) is 11.3 Å². The van der Waals surface area contributed by atoms with Crippen LogP contribution in [0.25, 0.3) is 0 Å². The molecule has 0 aromatic carbocycles. The van der Waals surface area contributed by atoms with Gasteiger partial charge in [-0.25, -0.2) is 0 Å². The van der Waals surface area contributed by atoms with Crippen LogP contribution in [0.2, 0.25) is 0 Å². The Hall–Kier alpha value is -1.42. The fraction of sp³-hybridized carbons (Fsp3) is 0.625. The van der Waals surface area contributed by atoms with Gasteiger partial charge in [-0.2, -0.15) is 0 Å². The van der Waals surface area contributed by atoms with Gasteiger partial charge in [0.1, 0.15) is 0 Å². The Labute approximate surface area is 120 Å². The number of carbonyl (C=O) groups is 1. The highest BCUT2D eigenvalue weighted by molar-refractivity contribution is 5.74. The molecule has 1 aromatic rings. The molecule has 0 saturated carbocycles. The second kappa shape index (κ2) is 6.35. The lowest BCUT2D eigenvalue weighted by Gasteiger charge is -2.39. The predicted molar refractivity (Wildman–Crippen MR) is 78.5 cm³/mol. The van der Waals surface area contributed by atoms with Crippen molar-refractivity contribution in [2.75, 3.05) is 19.6 Å². The van der Waals surface area contributed by atoms with Crippen molar-refractivity contribution in [1.82, 2.24) is 9.88 Å². The average molecular weight is 276 g/mol. The summed E-state index contributed by atoms with van der Waals surface area (Å²) >= 11 is 0. The number of nitrogens with zero attached hydrogens (tertiary/aromatic N) is 2. The highest BCUT2D eigenvalue weighted by atomic mass is 16.4. The summed E-state index contributed by atoms with van der Waals surface area (Å²) in [6.07, 6.45) is 4.85. The molecule has 4 nitrogen and oxygen atoms in total.